The van der Waals surface area contributed by atoms with Gasteiger partial charge >= 0.3 is 0 Å². The van der Waals surface area contributed by atoms with E-state index in [2.05, 4.69) is 5.32 Å². The first kappa shape index (κ1) is 12.2. The van der Waals surface area contributed by atoms with Crippen LogP contribution in [0.25, 0.3) is 11.0 Å². The van der Waals surface area contributed by atoms with Crippen LogP contribution in [0.4, 0.5) is 0 Å². The maximum Gasteiger partial charge on any atom is 0.287 e. The molecule has 0 atom stereocenters. The minimum Gasteiger partial charge on any atom is -0.508 e. The normalized spacial score (nSPS) is 10.5. The number of benzene rings is 1. The molecule has 1 heterocycles. The summed E-state index contributed by atoms with van der Waals surface area (Å²) in [6.07, 6.45) is 0.796. The first-order valence-electron chi connectivity index (χ1n) is 5.67. The standard InChI is InChI=1S/C13H13NO4/c1-2-5-14-13(17)12-7-10(16)9-4-3-8(15)6-11(9)18-12/h3-4,6-7,15H,2,5H2,1H3,(H,14,17). The molecule has 1 aromatic heterocycles. The van der Waals surface area contributed by atoms with Gasteiger partial charge in [0.15, 0.2) is 11.2 Å². The van der Waals surface area contributed by atoms with Gasteiger partial charge in [-0.2, -0.15) is 0 Å². The molecule has 0 unspecified atom stereocenters. The molecule has 0 aliphatic carbocycles. The molecule has 1 aromatic carbocycles. The van der Waals surface area contributed by atoms with E-state index < -0.39 is 5.91 Å². The van der Waals surface area contributed by atoms with Crippen LogP contribution in [-0.4, -0.2) is 17.6 Å². The molecule has 0 fully saturated rings. The van der Waals surface area contributed by atoms with Crippen LogP contribution < -0.4 is 10.7 Å². The van der Waals surface area contributed by atoms with Crippen LogP contribution in [0.2, 0.25) is 0 Å². The Bertz CT molecular complexity index is 645. The van der Waals surface area contributed by atoms with Crippen molar-refractivity contribution in [1.82, 2.24) is 5.32 Å². The largest absolute Gasteiger partial charge is 0.508 e. The SMILES string of the molecule is CCCNC(=O)c1cc(=O)c2ccc(O)cc2o1. The Hall–Kier alpha value is -2.30. The number of carbonyl (C=O) groups excluding carboxylic acids is 1. The fourth-order valence-corrected chi connectivity index (χ4v) is 1.58. The average molecular weight is 247 g/mol. The van der Waals surface area contributed by atoms with E-state index in [0.29, 0.717) is 11.9 Å². The monoisotopic (exact) mass is 247 g/mol. The zero-order valence-electron chi connectivity index (χ0n) is 9.90. The molecule has 2 aromatic rings. The summed E-state index contributed by atoms with van der Waals surface area (Å²) in [7, 11) is 0. The highest BCUT2D eigenvalue weighted by Crippen LogP contribution is 2.18. The summed E-state index contributed by atoms with van der Waals surface area (Å²) in [5.41, 5.74) is -0.109. The molecule has 2 N–H and O–H groups in total. The molecule has 5 nitrogen and oxygen atoms in total. The van der Waals surface area contributed by atoms with Crippen LogP contribution in [0.5, 0.6) is 5.75 Å². The van der Waals surface area contributed by atoms with Gasteiger partial charge in [0.2, 0.25) is 0 Å². The third-order valence-electron chi connectivity index (χ3n) is 2.47. The summed E-state index contributed by atoms with van der Waals surface area (Å²) in [5, 5.41) is 12.3. The van der Waals surface area contributed by atoms with Crippen LogP contribution in [-0.2, 0) is 0 Å². The van der Waals surface area contributed by atoms with Gasteiger partial charge in [0.05, 0.1) is 5.39 Å². The number of hydrogen-bond donors (Lipinski definition) is 2. The number of hydrogen-bond acceptors (Lipinski definition) is 4. The number of aromatic hydroxyl groups is 1. The number of rotatable bonds is 3. The average Bonchev–Trinajstić information content (AvgIpc) is 2.35. The molecule has 5 heteroatoms. The van der Waals surface area contributed by atoms with Crippen LogP contribution >= 0.6 is 0 Å². The molecule has 0 aliphatic heterocycles. The zero-order chi connectivity index (χ0) is 13.1. The van der Waals surface area contributed by atoms with Crippen molar-refractivity contribution in [2.45, 2.75) is 13.3 Å². The molecule has 0 spiro atoms. The third-order valence-corrected chi connectivity index (χ3v) is 2.47. The predicted molar refractivity (Wildman–Crippen MR) is 66.8 cm³/mol. The van der Waals surface area contributed by atoms with Gasteiger partial charge in [-0.3, -0.25) is 9.59 Å². The van der Waals surface area contributed by atoms with Crippen molar-refractivity contribution in [3.8, 4) is 5.75 Å². The second-order valence-electron chi connectivity index (χ2n) is 3.91. The number of nitrogens with one attached hydrogen (secondary N) is 1. The van der Waals surface area contributed by atoms with E-state index >= 15 is 0 Å². The van der Waals surface area contributed by atoms with Gasteiger partial charge in [0.25, 0.3) is 5.91 Å². The van der Waals surface area contributed by atoms with Crippen molar-refractivity contribution in [1.29, 1.82) is 0 Å². The van der Waals surface area contributed by atoms with E-state index in [9.17, 15) is 14.7 Å². The van der Waals surface area contributed by atoms with Crippen LogP contribution in [0.1, 0.15) is 23.9 Å². The van der Waals surface area contributed by atoms with E-state index in [1.165, 1.54) is 18.2 Å². The molecular formula is C13H13NO4. The number of fused-ring (bicyclic) bond motifs is 1. The zero-order valence-corrected chi connectivity index (χ0v) is 9.90. The van der Waals surface area contributed by atoms with Gasteiger partial charge in [-0.25, -0.2) is 0 Å². The maximum absolute atomic E-state index is 11.8. The Labute approximate surface area is 103 Å². The summed E-state index contributed by atoms with van der Waals surface area (Å²) in [4.78, 5) is 23.4. The van der Waals surface area contributed by atoms with Gasteiger partial charge in [-0.05, 0) is 18.6 Å². The molecule has 0 aliphatic rings. The Morgan fingerprint density at radius 3 is 2.89 bits per heavy atom. The van der Waals surface area contributed by atoms with Gasteiger partial charge in [-0.15, -0.1) is 0 Å². The molecule has 0 saturated heterocycles. The van der Waals surface area contributed by atoms with E-state index in [4.69, 9.17) is 4.42 Å². The first-order valence-corrected chi connectivity index (χ1v) is 5.67. The topological polar surface area (TPSA) is 79.5 Å². The molecule has 0 bridgehead atoms. The minimum absolute atomic E-state index is 0.0169. The molecule has 1 amide bonds. The molecule has 2 rings (SSSR count). The fourth-order valence-electron chi connectivity index (χ4n) is 1.58. The number of amides is 1. The highest BCUT2D eigenvalue weighted by Gasteiger charge is 2.11. The predicted octanol–water partition coefficient (Wildman–Crippen LogP) is 1.64. The molecular weight excluding hydrogens is 234 g/mol. The van der Waals surface area contributed by atoms with Crippen molar-refractivity contribution >= 4 is 16.9 Å². The lowest BCUT2D eigenvalue weighted by Crippen LogP contribution is -2.25. The summed E-state index contributed by atoms with van der Waals surface area (Å²) in [5.74, 6) is -0.498. The van der Waals surface area contributed by atoms with Gasteiger partial charge in [0, 0.05) is 18.7 Å². The molecule has 0 radical (unpaired) electrons. The number of phenols is 1. The summed E-state index contributed by atoms with van der Waals surface area (Å²) in [6, 6.07) is 5.33. The lowest BCUT2D eigenvalue weighted by Gasteiger charge is -2.04. The summed E-state index contributed by atoms with van der Waals surface area (Å²) in [6.45, 7) is 2.44. The van der Waals surface area contributed by atoms with Gasteiger partial charge in [0.1, 0.15) is 11.3 Å². The Morgan fingerprint density at radius 1 is 1.39 bits per heavy atom. The maximum atomic E-state index is 11.8. The highest BCUT2D eigenvalue weighted by molar-refractivity contribution is 5.93. The van der Waals surface area contributed by atoms with Crippen LogP contribution in [0, 0.1) is 0 Å². The first-order chi connectivity index (χ1) is 8.61. The Balaban J connectivity index is 2.48. The number of carbonyl (C=O) groups is 1. The Kier molecular flexibility index (Phi) is 3.32. The lowest BCUT2D eigenvalue weighted by molar-refractivity contribution is 0.0926. The molecule has 18 heavy (non-hydrogen) atoms. The van der Waals surface area contributed by atoms with Crippen molar-refractivity contribution in [3.63, 3.8) is 0 Å². The van der Waals surface area contributed by atoms with Crippen molar-refractivity contribution in [2.24, 2.45) is 0 Å². The van der Waals surface area contributed by atoms with E-state index in [1.54, 1.807) is 0 Å². The third kappa shape index (κ3) is 2.34. The molecule has 94 valence electrons. The van der Waals surface area contributed by atoms with E-state index in [0.717, 1.165) is 12.5 Å². The lowest BCUT2D eigenvalue weighted by atomic mass is 10.2. The van der Waals surface area contributed by atoms with Crippen LogP contribution in [0.3, 0.4) is 0 Å². The smallest absolute Gasteiger partial charge is 0.287 e. The van der Waals surface area contributed by atoms with Crippen molar-refractivity contribution < 1.29 is 14.3 Å². The second-order valence-corrected chi connectivity index (χ2v) is 3.91. The highest BCUT2D eigenvalue weighted by atomic mass is 16.3. The fraction of sp³-hybridized carbons (Fsp3) is 0.231. The van der Waals surface area contributed by atoms with Crippen LogP contribution in [0.15, 0.2) is 33.5 Å². The summed E-state index contributed by atoms with van der Waals surface area (Å²) < 4.78 is 5.31. The number of phenolic OH excluding ortho intramolecular Hbond substituents is 1. The minimum atomic E-state index is -0.431. The van der Waals surface area contributed by atoms with Gasteiger partial charge < -0.3 is 14.8 Å². The van der Waals surface area contributed by atoms with Crippen molar-refractivity contribution in [2.75, 3.05) is 6.54 Å². The van der Waals surface area contributed by atoms with E-state index in [-0.39, 0.29) is 22.5 Å². The quantitative estimate of drug-likeness (QED) is 0.864. The van der Waals surface area contributed by atoms with E-state index in [1.807, 2.05) is 6.92 Å². The Morgan fingerprint density at radius 2 is 2.17 bits per heavy atom. The molecule has 0 saturated carbocycles. The second kappa shape index (κ2) is 4.91. The van der Waals surface area contributed by atoms with Gasteiger partial charge in [-0.1, -0.05) is 6.92 Å². The van der Waals surface area contributed by atoms with Crippen molar-refractivity contribution in [3.05, 3.63) is 40.2 Å². The summed E-state index contributed by atoms with van der Waals surface area (Å²) >= 11 is 0.